The standard InChI is InChI=1S/C28H38N6O8/c1-13(35)21(24(29)37)32-25(38)20(10-16-11-30-19-9-4-3-7-17(16)19)31-26(39)23-18-8-5-6-15(18)12-34(23)27(40)22(14(2)36)33-28(41)42/h3-4,7,9,11,13-15,18,20-23,30,33,35-36H,5-6,8,10,12H2,1-2H3,(H2,29,37)(H,31,39)(H,32,38)(H,41,42)/t13?,14?,15-,18-,20?,21?,22?,23-/m0/s1. The largest absolute Gasteiger partial charge is 0.465 e. The Morgan fingerprint density at radius 1 is 1.02 bits per heavy atom. The Morgan fingerprint density at radius 3 is 2.36 bits per heavy atom. The zero-order chi connectivity index (χ0) is 30.7. The number of aliphatic hydroxyl groups is 2. The third-order valence-electron chi connectivity index (χ3n) is 8.29. The predicted molar refractivity (Wildman–Crippen MR) is 150 cm³/mol. The number of primary amides is 1. The molecule has 9 N–H and O–H groups in total. The summed E-state index contributed by atoms with van der Waals surface area (Å²) in [5.41, 5.74) is 6.89. The lowest BCUT2D eigenvalue weighted by atomic mass is 9.93. The molecule has 228 valence electrons. The Balaban J connectivity index is 1.63. The summed E-state index contributed by atoms with van der Waals surface area (Å²) in [5, 5.41) is 37.4. The van der Waals surface area contributed by atoms with E-state index in [1.165, 1.54) is 18.7 Å². The first kappa shape index (κ1) is 30.8. The van der Waals surface area contributed by atoms with Crippen LogP contribution in [0.15, 0.2) is 30.5 Å². The second-order valence-corrected chi connectivity index (χ2v) is 11.2. The van der Waals surface area contributed by atoms with Gasteiger partial charge in [0, 0.05) is 30.1 Å². The molecule has 1 aromatic carbocycles. The molecular formula is C28H38N6O8. The molecule has 0 radical (unpaired) electrons. The number of fused-ring (bicyclic) bond motifs is 2. The molecule has 1 aliphatic heterocycles. The molecule has 4 rings (SSSR count). The van der Waals surface area contributed by atoms with Gasteiger partial charge in [-0.2, -0.15) is 0 Å². The van der Waals surface area contributed by atoms with Gasteiger partial charge >= 0.3 is 6.09 Å². The molecule has 14 nitrogen and oxygen atoms in total. The number of aromatic nitrogens is 1. The molecule has 42 heavy (non-hydrogen) atoms. The van der Waals surface area contributed by atoms with Gasteiger partial charge in [-0.15, -0.1) is 0 Å². The molecule has 0 bridgehead atoms. The number of carbonyl (C=O) groups excluding carboxylic acids is 4. The van der Waals surface area contributed by atoms with Crippen LogP contribution in [0.1, 0.15) is 38.7 Å². The number of hydrogen-bond donors (Lipinski definition) is 8. The fraction of sp³-hybridized carbons (Fsp3) is 0.536. The molecule has 14 heteroatoms. The number of rotatable bonds is 11. The highest BCUT2D eigenvalue weighted by Crippen LogP contribution is 2.42. The number of likely N-dealkylation sites (tertiary alicyclic amines) is 1. The van der Waals surface area contributed by atoms with E-state index < -0.39 is 66.1 Å². The summed E-state index contributed by atoms with van der Waals surface area (Å²) in [6.45, 7) is 2.79. The Bertz CT molecular complexity index is 1340. The lowest BCUT2D eigenvalue weighted by Crippen LogP contribution is -2.61. The van der Waals surface area contributed by atoms with Crippen LogP contribution >= 0.6 is 0 Å². The molecule has 2 aliphatic rings. The van der Waals surface area contributed by atoms with Crippen LogP contribution in [0.3, 0.4) is 0 Å². The lowest BCUT2D eigenvalue weighted by Gasteiger charge is -2.32. The summed E-state index contributed by atoms with van der Waals surface area (Å²) in [5.74, 6) is -3.29. The first-order valence-corrected chi connectivity index (χ1v) is 14.0. The average molecular weight is 587 g/mol. The maximum atomic E-state index is 13.9. The summed E-state index contributed by atoms with van der Waals surface area (Å²) in [6.07, 6.45) is -0.142. The van der Waals surface area contributed by atoms with E-state index in [-0.39, 0.29) is 24.8 Å². The van der Waals surface area contributed by atoms with Gasteiger partial charge in [-0.25, -0.2) is 4.79 Å². The smallest absolute Gasteiger partial charge is 0.405 e. The first-order valence-electron chi connectivity index (χ1n) is 14.0. The number of nitrogens with two attached hydrogens (primary N) is 1. The van der Waals surface area contributed by atoms with Gasteiger partial charge in [-0.3, -0.25) is 19.2 Å². The number of para-hydroxylation sites is 1. The predicted octanol–water partition coefficient (Wildman–Crippen LogP) is -0.810. The van der Waals surface area contributed by atoms with Gasteiger partial charge in [0.25, 0.3) is 0 Å². The normalized spacial score (nSPS) is 23.3. The van der Waals surface area contributed by atoms with Crippen molar-refractivity contribution in [2.24, 2.45) is 17.6 Å². The first-order chi connectivity index (χ1) is 19.9. The van der Waals surface area contributed by atoms with Crippen molar-refractivity contribution in [3.8, 4) is 0 Å². The number of benzene rings is 1. The molecule has 1 saturated heterocycles. The van der Waals surface area contributed by atoms with E-state index in [4.69, 9.17) is 5.73 Å². The quantitative estimate of drug-likeness (QED) is 0.166. The number of H-pyrrole nitrogens is 1. The van der Waals surface area contributed by atoms with E-state index in [9.17, 15) is 39.3 Å². The molecule has 1 aliphatic carbocycles. The van der Waals surface area contributed by atoms with Crippen LogP contribution in [0.25, 0.3) is 10.9 Å². The number of nitrogens with one attached hydrogen (secondary N) is 4. The molecule has 8 atom stereocenters. The SMILES string of the molecule is CC(O)C(NC(=O)C(Cc1c[nH]c2ccccc12)NC(=O)[C@@H]1[C@H]2CCC[C@H]2CN1C(=O)C(NC(=O)O)C(C)O)C(N)=O. The molecule has 2 aromatic rings. The Kier molecular flexibility index (Phi) is 9.36. The van der Waals surface area contributed by atoms with Crippen LogP contribution in [-0.2, 0) is 25.6 Å². The number of carboxylic acid groups (broad SMARTS) is 1. The van der Waals surface area contributed by atoms with Crippen LogP contribution in [0.2, 0.25) is 0 Å². The van der Waals surface area contributed by atoms with Crippen molar-refractivity contribution < 1.29 is 39.3 Å². The van der Waals surface area contributed by atoms with Crippen LogP contribution in [0.4, 0.5) is 4.79 Å². The third-order valence-corrected chi connectivity index (χ3v) is 8.29. The van der Waals surface area contributed by atoms with Gasteiger partial charge in [0.05, 0.1) is 12.2 Å². The highest BCUT2D eigenvalue weighted by atomic mass is 16.4. The molecule has 2 fully saturated rings. The number of aromatic amines is 1. The molecular weight excluding hydrogens is 548 g/mol. The topological polar surface area (TPSA) is 227 Å². The molecule has 1 saturated carbocycles. The Hall–Kier alpha value is -4.17. The maximum Gasteiger partial charge on any atom is 0.405 e. The van der Waals surface area contributed by atoms with Crippen molar-refractivity contribution in [3.63, 3.8) is 0 Å². The fourth-order valence-electron chi connectivity index (χ4n) is 6.24. The molecule has 2 heterocycles. The molecule has 1 aromatic heterocycles. The summed E-state index contributed by atoms with van der Waals surface area (Å²) in [4.78, 5) is 68.6. The van der Waals surface area contributed by atoms with Gasteiger partial charge in [-0.1, -0.05) is 24.6 Å². The number of aliphatic hydroxyl groups excluding tert-OH is 2. The van der Waals surface area contributed by atoms with Crippen molar-refractivity contribution in [2.75, 3.05) is 6.54 Å². The van der Waals surface area contributed by atoms with Crippen LogP contribution < -0.4 is 21.7 Å². The van der Waals surface area contributed by atoms with E-state index in [1.54, 1.807) is 6.20 Å². The van der Waals surface area contributed by atoms with Crippen LogP contribution in [0, 0.1) is 11.8 Å². The summed E-state index contributed by atoms with van der Waals surface area (Å²) in [7, 11) is 0. The highest BCUT2D eigenvalue weighted by Gasteiger charge is 2.51. The second kappa shape index (κ2) is 12.8. The van der Waals surface area contributed by atoms with Gasteiger partial charge in [0.1, 0.15) is 24.2 Å². The zero-order valence-electron chi connectivity index (χ0n) is 23.4. The Labute approximate surface area is 242 Å². The van der Waals surface area contributed by atoms with E-state index in [1.807, 2.05) is 29.6 Å². The minimum Gasteiger partial charge on any atom is -0.465 e. The van der Waals surface area contributed by atoms with Crippen LogP contribution in [-0.4, -0.2) is 97.8 Å². The third kappa shape index (κ3) is 6.49. The van der Waals surface area contributed by atoms with E-state index in [0.29, 0.717) is 12.0 Å². The van der Waals surface area contributed by atoms with Crippen molar-refractivity contribution in [2.45, 2.75) is 75.9 Å². The van der Waals surface area contributed by atoms with Crippen molar-refractivity contribution >= 4 is 40.6 Å². The fourth-order valence-corrected chi connectivity index (χ4v) is 6.24. The van der Waals surface area contributed by atoms with Gasteiger partial charge in [0.15, 0.2) is 0 Å². The zero-order valence-corrected chi connectivity index (χ0v) is 23.4. The van der Waals surface area contributed by atoms with E-state index >= 15 is 0 Å². The minimum atomic E-state index is -1.49. The highest BCUT2D eigenvalue weighted by molar-refractivity contribution is 5.96. The molecule has 0 spiro atoms. The summed E-state index contributed by atoms with van der Waals surface area (Å²) >= 11 is 0. The van der Waals surface area contributed by atoms with Crippen molar-refractivity contribution in [1.29, 1.82) is 0 Å². The second-order valence-electron chi connectivity index (χ2n) is 11.2. The average Bonchev–Trinajstić information content (AvgIpc) is 3.63. The maximum absolute atomic E-state index is 13.9. The number of hydrogen-bond acceptors (Lipinski definition) is 7. The Morgan fingerprint density at radius 2 is 1.71 bits per heavy atom. The summed E-state index contributed by atoms with van der Waals surface area (Å²) < 4.78 is 0. The molecule has 5 unspecified atom stereocenters. The van der Waals surface area contributed by atoms with Crippen LogP contribution in [0.5, 0.6) is 0 Å². The lowest BCUT2D eigenvalue weighted by molar-refractivity contribution is -0.143. The monoisotopic (exact) mass is 586 g/mol. The van der Waals surface area contributed by atoms with Gasteiger partial charge in [-0.05, 0) is 50.2 Å². The van der Waals surface area contributed by atoms with E-state index in [2.05, 4.69) is 15.6 Å². The molecule has 5 amide bonds. The summed E-state index contributed by atoms with van der Waals surface area (Å²) in [6, 6.07) is 2.26. The van der Waals surface area contributed by atoms with Gasteiger partial charge < -0.3 is 46.9 Å². The van der Waals surface area contributed by atoms with Gasteiger partial charge in [0.2, 0.25) is 23.6 Å². The number of nitrogens with zero attached hydrogens (tertiary/aromatic N) is 1. The van der Waals surface area contributed by atoms with E-state index in [0.717, 1.165) is 23.7 Å². The number of amides is 5. The van der Waals surface area contributed by atoms with Crippen molar-refractivity contribution in [1.82, 2.24) is 25.8 Å². The minimum absolute atomic E-state index is 0.000415. The van der Waals surface area contributed by atoms with Crippen molar-refractivity contribution in [3.05, 3.63) is 36.0 Å². The number of carbonyl (C=O) groups is 5.